The molecule has 1 saturated carbocycles. The number of benzene rings is 1. The Kier molecular flexibility index (Phi) is 8.38. The van der Waals surface area contributed by atoms with Gasteiger partial charge in [0.2, 0.25) is 5.91 Å². The zero-order valence-electron chi connectivity index (χ0n) is 18.6. The van der Waals surface area contributed by atoms with Crippen LogP contribution in [0.25, 0.3) is 0 Å². The lowest BCUT2D eigenvalue weighted by Crippen LogP contribution is -2.50. The highest BCUT2D eigenvalue weighted by molar-refractivity contribution is 5.98. The molecular formula is C22H32F2N4O4. The highest BCUT2D eigenvalue weighted by Crippen LogP contribution is 2.34. The van der Waals surface area contributed by atoms with E-state index in [0.717, 1.165) is 25.9 Å². The van der Waals surface area contributed by atoms with Crippen molar-refractivity contribution in [2.24, 2.45) is 17.6 Å². The Morgan fingerprint density at radius 1 is 1.38 bits per heavy atom. The van der Waals surface area contributed by atoms with Crippen molar-refractivity contribution in [1.29, 1.82) is 0 Å². The quantitative estimate of drug-likeness (QED) is 0.533. The highest BCUT2D eigenvalue weighted by atomic mass is 19.3. The molecule has 1 aliphatic carbocycles. The topological polar surface area (TPSA) is 97.1 Å². The van der Waals surface area contributed by atoms with Crippen LogP contribution in [0.2, 0.25) is 0 Å². The van der Waals surface area contributed by atoms with E-state index < -0.39 is 12.7 Å². The van der Waals surface area contributed by atoms with Gasteiger partial charge in [0, 0.05) is 37.9 Å². The Labute approximate surface area is 187 Å². The third-order valence-electron chi connectivity index (χ3n) is 5.48. The maximum Gasteiger partial charge on any atom is 0.387 e. The van der Waals surface area contributed by atoms with Crippen molar-refractivity contribution < 1.29 is 27.8 Å². The lowest BCUT2D eigenvalue weighted by molar-refractivity contribution is -0.126. The molecule has 2 aliphatic rings. The van der Waals surface area contributed by atoms with Crippen LogP contribution in [0.15, 0.2) is 18.2 Å². The minimum absolute atomic E-state index is 0.128. The van der Waals surface area contributed by atoms with Gasteiger partial charge in [0.25, 0.3) is 5.91 Å². The summed E-state index contributed by atoms with van der Waals surface area (Å²) in [5.41, 5.74) is 6.46. The van der Waals surface area contributed by atoms with Crippen molar-refractivity contribution in [2.45, 2.75) is 39.3 Å². The van der Waals surface area contributed by atoms with Gasteiger partial charge in [0.1, 0.15) is 12.6 Å². The van der Waals surface area contributed by atoms with Gasteiger partial charge in [-0.2, -0.15) is 8.78 Å². The molecule has 1 aromatic rings. The first-order chi connectivity index (χ1) is 15.3. The fraction of sp³-hybridized carbons (Fsp3) is 0.636. The molecule has 8 nitrogen and oxygen atoms in total. The summed E-state index contributed by atoms with van der Waals surface area (Å²) < 4.78 is 35.8. The monoisotopic (exact) mass is 454 g/mol. The number of nitrogens with zero attached hydrogens (tertiary/aromatic N) is 2. The number of halogens is 2. The van der Waals surface area contributed by atoms with Gasteiger partial charge in [-0.25, -0.2) is 0 Å². The van der Waals surface area contributed by atoms with E-state index in [1.54, 1.807) is 6.07 Å². The minimum Gasteiger partial charge on any atom is -0.433 e. The molecule has 0 unspecified atom stereocenters. The Morgan fingerprint density at radius 2 is 2.12 bits per heavy atom. The number of anilines is 2. The Morgan fingerprint density at radius 3 is 2.72 bits per heavy atom. The predicted octanol–water partition coefficient (Wildman–Crippen LogP) is 2.29. The molecule has 0 bridgehead atoms. The average Bonchev–Trinajstić information content (AvgIpc) is 3.52. The zero-order valence-corrected chi connectivity index (χ0v) is 18.6. The molecule has 1 saturated heterocycles. The lowest BCUT2D eigenvalue weighted by Gasteiger charge is -2.31. The predicted molar refractivity (Wildman–Crippen MR) is 117 cm³/mol. The van der Waals surface area contributed by atoms with Crippen molar-refractivity contribution in [1.82, 2.24) is 4.90 Å². The Bertz CT molecular complexity index is 800. The van der Waals surface area contributed by atoms with Crippen LogP contribution in [0.3, 0.4) is 0 Å². The summed E-state index contributed by atoms with van der Waals surface area (Å²) in [5.74, 6) is 0.125. The number of amides is 2. The summed E-state index contributed by atoms with van der Waals surface area (Å²) in [6.45, 7) is 3.19. The average molecular weight is 455 g/mol. The SMILES string of the molecule is CC(C)CN(CC1CC1)[C@@H](CN)C(=O)Nc1ccc(N2CCOCC2=O)c(OC(F)F)c1. The first-order valence-corrected chi connectivity index (χ1v) is 11.0. The summed E-state index contributed by atoms with van der Waals surface area (Å²) in [6, 6.07) is 3.83. The maximum atomic E-state index is 13.0. The molecule has 1 atom stereocenters. The first-order valence-electron chi connectivity index (χ1n) is 11.0. The Hall–Kier alpha value is -2.30. The van der Waals surface area contributed by atoms with E-state index in [9.17, 15) is 18.4 Å². The molecule has 32 heavy (non-hydrogen) atoms. The molecule has 2 fully saturated rings. The number of carbonyl (C=O) groups excluding carboxylic acids is 2. The van der Waals surface area contributed by atoms with Gasteiger partial charge in [-0.15, -0.1) is 0 Å². The molecule has 178 valence electrons. The van der Waals surface area contributed by atoms with E-state index in [4.69, 9.17) is 10.5 Å². The van der Waals surface area contributed by atoms with Crippen LogP contribution < -0.4 is 20.7 Å². The van der Waals surface area contributed by atoms with Crippen molar-refractivity contribution in [3.05, 3.63) is 18.2 Å². The van der Waals surface area contributed by atoms with E-state index >= 15 is 0 Å². The van der Waals surface area contributed by atoms with Crippen LogP contribution >= 0.6 is 0 Å². The number of nitrogens with one attached hydrogen (secondary N) is 1. The van der Waals surface area contributed by atoms with Gasteiger partial charge in [0.15, 0.2) is 5.75 Å². The number of carbonyl (C=O) groups is 2. The maximum absolute atomic E-state index is 13.0. The van der Waals surface area contributed by atoms with E-state index in [1.165, 1.54) is 17.0 Å². The number of rotatable bonds is 11. The Balaban J connectivity index is 1.78. The van der Waals surface area contributed by atoms with Crippen LogP contribution in [-0.2, 0) is 14.3 Å². The molecule has 0 radical (unpaired) electrons. The van der Waals surface area contributed by atoms with Gasteiger partial charge in [0.05, 0.1) is 12.3 Å². The van der Waals surface area contributed by atoms with E-state index in [1.807, 2.05) is 0 Å². The number of hydrogen-bond donors (Lipinski definition) is 2. The van der Waals surface area contributed by atoms with Gasteiger partial charge in [-0.3, -0.25) is 14.5 Å². The third kappa shape index (κ3) is 6.60. The molecule has 0 spiro atoms. The van der Waals surface area contributed by atoms with Gasteiger partial charge in [-0.1, -0.05) is 13.8 Å². The molecule has 2 amide bonds. The van der Waals surface area contributed by atoms with Crippen LogP contribution in [0.1, 0.15) is 26.7 Å². The van der Waals surface area contributed by atoms with Gasteiger partial charge in [-0.05, 0) is 36.8 Å². The second-order valence-electron chi connectivity index (χ2n) is 8.69. The highest BCUT2D eigenvalue weighted by Gasteiger charge is 2.32. The molecule has 3 N–H and O–H groups in total. The normalized spacial score (nSPS) is 17.9. The number of nitrogens with two attached hydrogens (primary N) is 1. The largest absolute Gasteiger partial charge is 0.433 e. The van der Waals surface area contributed by atoms with Crippen LogP contribution in [-0.4, -0.2) is 68.8 Å². The fourth-order valence-corrected chi connectivity index (χ4v) is 3.86. The van der Waals surface area contributed by atoms with E-state index in [0.29, 0.717) is 24.1 Å². The van der Waals surface area contributed by atoms with Gasteiger partial charge < -0.3 is 25.4 Å². The number of alkyl halides is 2. The minimum atomic E-state index is -3.08. The van der Waals surface area contributed by atoms with Crippen LogP contribution in [0.5, 0.6) is 5.75 Å². The lowest BCUT2D eigenvalue weighted by atomic mass is 10.1. The van der Waals surface area contributed by atoms with E-state index in [-0.39, 0.29) is 42.9 Å². The summed E-state index contributed by atoms with van der Waals surface area (Å²) in [7, 11) is 0. The van der Waals surface area contributed by atoms with Crippen molar-refractivity contribution in [3.63, 3.8) is 0 Å². The summed E-state index contributed by atoms with van der Waals surface area (Å²) >= 11 is 0. The van der Waals surface area contributed by atoms with Gasteiger partial charge >= 0.3 is 6.61 Å². The summed E-state index contributed by atoms with van der Waals surface area (Å²) in [4.78, 5) is 28.6. The van der Waals surface area contributed by atoms with Crippen molar-refractivity contribution >= 4 is 23.2 Å². The standard InChI is InChI=1S/C22H32F2N4O4/c1-14(2)11-27(12-15-3-4-15)18(10-25)21(30)26-16-5-6-17(19(9-16)32-22(23)24)28-7-8-31-13-20(28)29/h5-6,9,14-15,18,22H,3-4,7-8,10-13,25H2,1-2H3,(H,26,30)/t18-/m0/s1. The van der Waals surface area contributed by atoms with Crippen molar-refractivity contribution in [2.75, 3.05) is 49.6 Å². The third-order valence-corrected chi connectivity index (χ3v) is 5.48. The molecule has 0 aromatic heterocycles. The van der Waals surface area contributed by atoms with E-state index in [2.05, 4.69) is 28.8 Å². The molecular weight excluding hydrogens is 422 g/mol. The summed E-state index contributed by atoms with van der Waals surface area (Å²) in [6.07, 6.45) is 2.31. The number of ether oxygens (including phenoxy) is 2. The summed E-state index contributed by atoms with van der Waals surface area (Å²) in [5, 5.41) is 2.78. The molecule has 10 heteroatoms. The smallest absolute Gasteiger partial charge is 0.387 e. The second-order valence-corrected chi connectivity index (χ2v) is 8.69. The first kappa shape index (κ1) is 24.3. The molecule has 3 rings (SSSR count). The van der Waals surface area contributed by atoms with Crippen molar-refractivity contribution in [3.8, 4) is 5.75 Å². The zero-order chi connectivity index (χ0) is 23.3. The molecule has 1 heterocycles. The second kappa shape index (κ2) is 11.0. The molecule has 1 aliphatic heterocycles. The van der Waals surface area contributed by atoms with Crippen LogP contribution in [0.4, 0.5) is 20.2 Å². The number of morpholine rings is 1. The fourth-order valence-electron chi connectivity index (χ4n) is 3.86. The number of hydrogen-bond acceptors (Lipinski definition) is 6. The van der Waals surface area contributed by atoms with Crippen LogP contribution in [0, 0.1) is 11.8 Å². The molecule has 1 aromatic carbocycles.